The molecule has 2 N–H and O–H groups in total. The molecule has 0 fully saturated rings. The highest BCUT2D eigenvalue weighted by molar-refractivity contribution is 5.57. The first-order valence-electron chi connectivity index (χ1n) is 5.33. The summed E-state index contributed by atoms with van der Waals surface area (Å²) in [6, 6.07) is 1.77. The van der Waals surface area contributed by atoms with Gasteiger partial charge >= 0.3 is 0 Å². The summed E-state index contributed by atoms with van der Waals surface area (Å²) in [6.07, 6.45) is 6.26. The molecule has 84 valence electrons. The summed E-state index contributed by atoms with van der Waals surface area (Å²) in [5, 5.41) is 3.91. The van der Waals surface area contributed by atoms with Gasteiger partial charge in [0.15, 0.2) is 5.82 Å². The molecule has 0 radical (unpaired) electrons. The van der Waals surface area contributed by atoms with Crippen molar-refractivity contribution in [3.05, 3.63) is 24.3 Å². The standard InChI is InChI=1S/C11H14N4O/c1-2-3-4-10-14-11(16-15-10)8-5-9(12)7-13-6-8/h5-7H,2-4,12H2,1H3. The normalized spacial score (nSPS) is 10.6. The molecular weight excluding hydrogens is 204 g/mol. The van der Waals surface area contributed by atoms with Crippen molar-refractivity contribution in [3.8, 4) is 11.5 Å². The summed E-state index contributed by atoms with van der Waals surface area (Å²) < 4.78 is 5.15. The van der Waals surface area contributed by atoms with Crippen LogP contribution in [0.2, 0.25) is 0 Å². The molecule has 0 aromatic carbocycles. The molecule has 0 spiro atoms. The largest absolute Gasteiger partial charge is 0.397 e. The molecule has 2 rings (SSSR count). The van der Waals surface area contributed by atoms with Gasteiger partial charge in [0.05, 0.1) is 11.3 Å². The van der Waals surface area contributed by atoms with Crippen molar-refractivity contribution in [2.45, 2.75) is 26.2 Å². The van der Waals surface area contributed by atoms with Gasteiger partial charge in [-0.1, -0.05) is 18.5 Å². The first-order chi connectivity index (χ1) is 7.79. The average Bonchev–Trinajstić information content (AvgIpc) is 2.75. The van der Waals surface area contributed by atoms with E-state index in [2.05, 4.69) is 22.0 Å². The summed E-state index contributed by atoms with van der Waals surface area (Å²) >= 11 is 0. The van der Waals surface area contributed by atoms with Crippen LogP contribution in [0.3, 0.4) is 0 Å². The molecule has 2 aromatic rings. The topological polar surface area (TPSA) is 77.8 Å². The van der Waals surface area contributed by atoms with Gasteiger partial charge in [-0.15, -0.1) is 0 Å². The number of aromatic nitrogens is 3. The highest BCUT2D eigenvalue weighted by Gasteiger charge is 2.08. The number of nitrogens with two attached hydrogens (primary N) is 1. The first kappa shape index (κ1) is 10.6. The van der Waals surface area contributed by atoms with Gasteiger partial charge in [0.25, 0.3) is 5.89 Å². The molecular formula is C11H14N4O. The monoisotopic (exact) mass is 218 g/mol. The third kappa shape index (κ3) is 2.36. The maximum atomic E-state index is 5.63. The smallest absolute Gasteiger partial charge is 0.259 e. The van der Waals surface area contributed by atoms with Crippen molar-refractivity contribution in [3.63, 3.8) is 0 Å². The Bertz CT molecular complexity index is 467. The van der Waals surface area contributed by atoms with Gasteiger partial charge in [0.1, 0.15) is 0 Å². The molecule has 0 saturated carbocycles. The fraction of sp³-hybridized carbons (Fsp3) is 0.364. The molecule has 0 atom stereocenters. The van der Waals surface area contributed by atoms with Crippen molar-refractivity contribution in [1.82, 2.24) is 15.1 Å². The zero-order valence-corrected chi connectivity index (χ0v) is 9.18. The Morgan fingerprint density at radius 3 is 3.00 bits per heavy atom. The lowest BCUT2D eigenvalue weighted by Crippen LogP contribution is -1.89. The zero-order chi connectivity index (χ0) is 11.4. The third-order valence-corrected chi connectivity index (χ3v) is 2.23. The van der Waals surface area contributed by atoms with Crippen molar-refractivity contribution in [1.29, 1.82) is 0 Å². The molecule has 0 aliphatic rings. The molecule has 0 amide bonds. The van der Waals surface area contributed by atoms with Crippen LogP contribution >= 0.6 is 0 Å². The van der Waals surface area contributed by atoms with E-state index in [9.17, 15) is 0 Å². The van der Waals surface area contributed by atoms with Crippen LogP contribution in [0.4, 0.5) is 5.69 Å². The Morgan fingerprint density at radius 1 is 1.38 bits per heavy atom. The number of rotatable bonds is 4. The van der Waals surface area contributed by atoms with E-state index in [4.69, 9.17) is 10.3 Å². The number of unbranched alkanes of at least 4 members (excludes halogenated alkanes) is 1. The van der Waals surface area contributed by atoms with E-state index < -0.39 is 0 Å². The van der Waals surface area contributed by atoms with E-state index >= 15 is 0 Å². The molecule has 5 heteroatoms. The number of nitrogen functional groups attached to an aromatic ring is 1. The minimum atomic E-state index is 0.478. The van der Waals surface area contributed by atoms with Crippen LogP contribution in [0.25, 0.3) is 11.5 Å². The maximum Gasteiger partial charge on any atom is 0.259 e. The summed E-state index contributed by atoms with van der Waals surface area (Å²) in [5.41, 5.74) is 6.98. The number of pyridine rings is 1. The predicted octanol–water partition coefficient (Wildman–Crippen LogP) is 2.06. The minimum absolute atomic E-state index is 0.478. The second-order valence-electron chi connectivity index (χ2n) is 3.63. The predicted molar refractivity (Wildman–Crippen MR) is 60.6 cm³/mol. The highest BCUT2D eigenvalue weighted by Crippen LogP contribution is 2.18. The van der Waals surface area contributed by atoms with Gasteiger partial charge in [0.2, 0.25) is 0 Å². The van der Waals surface area contributed by atoms with E-state index in [0.717, 1.165) is 30.7 Å². The van der Waals surface area contributed by atoms with Gasteiger partial charge in [-0.2, -0.15) is 4.98 Å². The van der Waals surface area contributed by atoms with Crippen molar-refractivity contribution >= 4 is 5.69 Å². The first-order valence-corrected chi connectivity index (χ1v) is 5.33. The van der Waals surface area contributed by atoms with Crippen LogP contribution in [0.15, 0.2) is 23.0 Å². The lowest BCUT2D eigenvalue weighted by atomic mass is 10.2. The fourth-order valence-electron chi connectivity index (χ4n) is 1.38. The van der Waals surface area contributed by atoms with Crippen LogP contribution in [-0.2, 0) is 6.42 Å². The summed E-state index contributed by atoms with van der Waals surface area (Å²) in [7, 11) is 0. The lowest BCUT2D eigenvalue weighted by molar-refractivity contribution is 0.421. The molecule has 2 aromatic heterocycles. The SMILES string of the molecule is CCCCc1noc(-c2cncc(N)c2)n1. The van der Waals surface area contributed by atoms with Gasteiger partial charge in [-0.3, -0.25) is 4.98 Å². The highest BCUT2D eigenvalue weighted by atomic mass is 16.5. The van der Waals surface area contributed by atoms with Crippen molar-refractivity contribution in [2.24, 2.45) is 0 Å². The lowest BCUT2D eigenvalue weighted by Gasteiger charge is -1.94. The van der Waals surface area contributed by atoms with Crippen molar-refractivity contribution in [2.75, 3.05) is 5.73 Å². The molecule has 2 heterocycles. The molecule has 0 aliphatic heterocycles. The molecule has 0 unspecified atom stereocenters. The van der Waals surface area contributed by atoms with Crippen LogP contribution in [0.1, 0.15) is 25.6 Å². The minimum Gasteiger partial charge on any atom is -0.397 e. The van der Waals surface area contributed by atoms with Crippen LogP contribution in [0.5, 0.6) is 0 Å². The Morgan fingerprint density at radius 2 is 2.25 bits per heavy atom. The number of hydrogen-bond acceptors (Lipinski definition) is 5. The maximum absolute atomic E-state index is 5.63. The number of nitrogens with zero attached hydrogens (tertiary/aromatic N) is 3. The Labute approximate surface area is 93.7 Å². The van der Waals surface area contributed by atoms with Gasteiger partial charge in [0, 0.05) is 18.8 Å². The van der Waals surface area contributed by atoms with Crippen LogP contribution < -0.4 is 5.73 Å². The third-order valence-electron chi connectivity index (χ3n) is 2.23. The molecule has 0 bridgehead atoms. The average molecular weight is 218 g/mol. The van der Waals surface area contributed by atoms with Gasteiger partial charge < -0.3 is 10.3 Å². The van der Waals surface area contributed by atoms with E-state index in [0.29, 0.717) is 11.6 Å². The zero-order valence-electron chi connectivity index (χ0n) is 9.18. The number of hydrogen-bond donors (Lipinski definition) is 1. The Kier molecular flexibility index (Phi) is 3.14. The fourth-order valence-corrected chi connectivity index (χ4v) is 1.38. The molecule has 0 aliphatic carbocycles. The van der Waals surface area contributed by atoms with Gasteiger partial charge in [-0.25, -0.2) is 0 Å². The Balaban J connectivity index is 2.18. The number of aryl methyl sites for hydroxylation is 1. The molecule has 16 heavy (non-hydrogen) atoms. The summed E-state index contributed by atoms with van der Waals surface area (Å²) in [4.78, 5) is 8.27. The van der Waals surface area contributed by atoms with Crippen LogP contribution in [0, 0.1) is 0 Å². The number of anilines is 1. The summed E-state index contributed by atoms with van der Waals surface area (Å²) in [6.45, 7) is 2.13. The summed E-state index contributed by atoms with van der Waals surface area (Å²) in [5.74, 6) is 1.21. The molecule has 5 nitrogen and oxygen atoms in total. The second kappa shape index (κ2) is 4.74. The van der Waals surface area contributed by atoms with E-state index in [1.165, 1.54) is 0 Å². The van der Waals surface area contributed by atoms with Crippen molar-refractivity contribution < 1.29 is 4.52 Å². The van der Waals surface area contributed by atoms with E-state index in [-0.39, 0.29) is 0 Å². The Hall–Kier alpha value is -1.91. The van der Waals surface area contributed by atoms with E-state index in [1.54, 1.807) is 18.5 Å². The van der Waals surface area contributed by atoms with E-state index in [1.807, 2.05) is 0 Å². The second-order valence-corrected chi connectivity index (χ2v) is 3.63. The molecule has 0 saturated heterocycles. The van der Waals surface area contributed by atoms with Gasteiger partial charge in [-0.05, 0) is 12.5 Å². The van der Waals surface area contributed by atoms with Crippen LogP contribution in [-0.4, -0.2) is 15.1 Å². The quantitative estimate of drug-likeness (QED) is 0.849.